The van der Waals surface area contributed by atoms with E-state index in [0.29, 0.717) is 29.6 Å². The van der Waals surface area contributed by atoms with Crippen molar-refractivity contribution in [3.63, 3.8) is 0 Å². The van der Waals surface area contributed by atoms with Gasteiger partial charge in [-0.05, 0) is 23.8 Å². The van der Waals surface area contributed by atoms with Crippen molar-refractivity contribution in [1.82, 2.24) is 10.2 Å². The van der Waals surface area contributed by atoms with Gasteiger partial charge in [-0.25, -0.2) is 0 Å². The maximum Gasteiger partial charge on any atom is 0.278 e. The van der Waals surface area contributed by atoms with Crippen molar-refractivity contribution in [2.75, 3.05) is 11.4 Å². The molecule has 0 saturated heterocycles. The highest BCUT2D eigenvalue weighted by Crippen LogP contribution is 2.36. The largest absolute Gasteiger partial charge is 0.463 e. The normalized spacial score (nSPS) is 16.8. The molecule has 0 unspecified atom stereocenters. The second-order valence-electron chi connectivity index (χ2n) is 5.52. The number of amides is 1. The fourth-order valence-corrected chi connectivity index (χ4v) is 2.94. The molecule has 0 radical (unpaired) electrons. The first kappa shape index (κ1) is 12.9. The summed E-state index contributed by atoms with van der Waals surface area (Å²) in [4.78, 5) is 14.5. The fourth-order valence-electron chi connectivity index (χ4n) is 2.94. The fraction of sp³-hybridized carbons (Fsp3) is 0.176. The van der Waals surface area contributed by atoms with Gasteiger partial charge in [0.05, 0.1) is 6.26 Å². The molecule has 1 atom stereocenters. The summed E-state index contributed by atoms with van der Waals surface area (Å²) in [6.07, 6.45) is 1.59. The van der Waals surface area contributed by atoms with Crippen LogP contribution in [-0.2, 0) is 0 Å². The van der Waals surface area contributed by atoms with Crippen molar-refractivity contribution in [1.29, 1.82) is 0 Å². The van der Waals surface area contributed by atoms with Crippen LogP contribution in [-0.4, -0.2) is 22.6 Å². The Hall–Kier alpha value is -2.82. The quantitative estimate of drug-likeness (QED) is 0.787. The smallest absolute Gasteiger partial charge is 0.278 e. The third-order valence-electron chi connectivity index (χ3n) is 4.04. The molecule has 1 aliphatic heterocycles. The number of nitrogens with one attached hydrogen (secondary N) is 1. The van der Waals surface area contributed by atoms with Gasteiger partial charge in [-0.3, -0.25) is 9.89 Å². The minimum atomic E-state index is -0.0918. The average molecular weight is 293 g/mol. The Labute approximate surface area is 127 Å². The Balaban J connectivity index is 1.66. The molecule has 3 heterocycles. The molecule has 1 amide bonds. The highest BCUT2D eigenvalue weighted by molar-refractivity contribution is 6.06. The Bertz CT molecular complexity index is 820. The first-order chi connectivity index (χ1) is 10.7. The highest BCUT2D eigenvalue weighted by atomic mass is 16.3. The van der Waals surface area contributed by atoms with E-state index in [2.05, 4.69) is 23.2 Å². The number of carbonyl (C=O) groups excluding carboxylic acids is 1. The molecule has 3 aromatic rings. The molecule has 4 rings (SSSR count). The van der Waals surface area contributed by atoms with Crippen LogP contribution in [0.1, 0.15) is 28.9 Å². The number of hydrogen-bond donors (Lipinski definition) is 1. The molecule has 0 spiro atoms. The second kappa shape index (κ2) is 4.87. The van der Waals surface area contributed by atoms with Gasteiger partial charge >= 0.3 is 0 Å². The monoisotopic (exact) mass is 293 g/mol. The standard InChI is InChI=1S/C17H15N3O2/c1-11-10-20(15-6-3-2-5-12(11)15)17(21)14-9-13(18-19-14)16-7-4-8-22-16/h2-9,11H,10H2,1H3,(H,18,19)/t11-/m0/s1. The number of rotatable bonds is 2. The highest BCUT2D eigenvalue weighted by Gasteiger charge is 2.31. The first-order valence-electron chi connectivity index (χ1n) is 7.24. The van der Waals surface area contributed by atoms with E-state index in [-0.39, 0.29) is 5.91 Å². The van der Waals surface area contributed by atoms with E-state index >= 15 is 0 Å². The van der Waals surface area contributed by atoms with E-state index in [4.69, 9.17) is 4.42 Å². The molecule has 5 nitrogen and oxygen atoms in total. The van der Waals surface area contributed by atoms with Gasteiger partial charge in [-0.1, -0.05) is 25.1 Å². The number of para-hydroxylation sites is 1. The molecule has 5 heteroatoms. The summed E-state index contributed by atoms with van der Waals surface area (Å²) < 4.78 is 5.32. The molecular weight excluding hydrogens is 278 g/mol. The van der Waals surface area contributed by atoms with E-state index < -0.39 is 0 Å². The lowest BCUT2D eigenvalue weighted by Gasteiger charge is -2.15. The summed E-state index contributed by atoms with van der Waals surface area (Å²) >= 11 is 0. The van der Waals surface area contributed by atoms with Gasteiger partial charge < -0.3 is 9.32 Å². The Morgan fingerprint density at radius 3 is 3.00 bits per heavy atom. The van der Waals surface area contributed by atoms with Crippen molar-refractivity contribution >= 4 is 11.6 Å². The summed E-state index contributed by atoms with van der Waals surface area (Å²) in [6.45, 7) is 2.81. The first-order valence-corrected chi connectivity index (χ1v) is 7.24. The molecule has 0 bridgehead atoms. The van der Waals surface area contributed by atoms with E-state index in [1.54, 1.807) is 23.3 Å². The predicted molar refractivity (Wildman–Crippen MR) is 82.8 cm³/mol. The van der Waals surface area contributed by atoms with Crippen LogP contribution >= 0.6 is 0 Å². The summed E-state index contributed by atoms with van der Waals surface area (Å²) in [5.74, 6) is 0.913. The molecule has 0 fully saturated rings. The molecule has 1 aliphatic rings. The average Bonchev–Trinajstić information content (AvgIpc) is 3.26. The van der Waals surface area contributed by atoms with Crippen LogP contribution < -0.4 is 4.90 Å². The van der Waals surface area contributed by atoms with Crippen LogP contribution in [0.25, 0.3) is 11.5 Å². The molecular formula is C17H15N3O2. The minimum absolute atomic E-state index is 0.0918. The number of carbonyl (C=O) groups is 1. The Morgan fingerprint density at radius 2 is 2.18 bits per heavy atom. The van der Waals surface area contributed by atoms with Gasteiger partial charge in [0.25, 0.3) is 5.91 Å². The number of anilines is 1. The molecule has 22 heavy (non-hydrogen) atoms. The van der Waals surface area contributed by atoms with Crippen LogP contribution in [0.5, 0.6) is 0 Å². The third-order valence-corrected chi connectivity index (χ3v) is 4.04. The van der Waals surface area contributed by atoms with Crippen molar-refractivity contribution in [3.8, 4) is 11.5 Å². The van der Waals surface area contributed by atoms with Crippen molar-refractivity contribution in [2.24, 2.45) is 0 Å². The predicted octanol–water partition coefficient (Wildman–Crippen LogP) is 3.43. The molecule has 2 aromatic heterocycles. The summed E-state index contributed by atoms with van der Waals surface area (Å²) in [7, 11) is 0. The lowest BCUT2D eigenvalue weighted by atomic mass is 10.0. The SMILES string of the molecule is C[C@H]1CN(C(=O)c2cc(-c3ccco3)[nH]n2)c2ccccc21. The second-order valence-corrected chi connectivity index (χ2v) is 5.52. The Morgan fingerprint density at radius 1 is 1.32 bits per heavy atom. The number of furan rings is 1. The van der Waals surface area contributed by atoms with Crippen LogP contribution in [0.3, 0.4) is 0 Å². The number of aromatic amines is 1. The van der Waals surface area contributed by atoms with Crippen molar-refractivity contribution < 1.29 is 9.21 Å². The lowest BCUT2D eigenvalue weighted by molar-refractivity contribution is 0.0983. The van der Waals surface area contributed by atoms with E-state index in [1.165, 1.54) is 5.56 Å². The van der Waals surface area contributed by atoms with Gasteiger partial charge in [0.2, 0.25) is 0 Å². The van der Waals surface area contributed by atoms with E-state index in [0.717, 1.165) is 5.69 Å². The zero-order valence-corrected chi connectivity index (χ0v) is 12.1. The molecule has 1 aromatic carbocycles. The molecule has 0 saturated carbocycles. The zero-order valence-electron chi connectivity index (χ0n) is 12.1. The summed E-state index contributed by atoms with van der Waals surface area (Å²) in [5.41, 5.74) is 3.28. The van der Waals surface area contributed by atoms with E-state index in [1.807, 2.05) is 24.3 Å². The number of H-pyrrole nitrogens is 1. The van der Waals surface area contributed by atoms with Gasteiger partial charge in [0, 0.05) is 24.2 Å². The third kappa shape index (κ3) is 1.94. The van der Waals surface area contributed by atoms with Crippen LogP contribution in [0.15, 0.2) is 53.1 Å². The number of benzene rings is 1. The van der Waals surface area contributed by atoms with Crippen LogP contribution in [0.2, 0.25) is 0 Å². The lowest BCUT2D eigenvalue weighted by Crippen LogP contribution is -2.29. The number of hydrogen-bond acceptors (Lipinski definition) is 3. The minimum Gasteiger partial charge on any atom is -0.463 e. The maximum atomic E-state index is 12.8. The van der Waals surface area contributed by atoms with Crippen LogP contribution in [0, 0.1) is 0 Å². The topological polar surface area (TPSA) is 62.1 Å². The molecule has 0 aliphatic carbocycles. The van der Waals surface area contributed by atoms with Gasteiger partial charge in [0.1, 0.15) is 5.69 Å². The van der Waals surface area contributed by atoms with Crippen LogP contribution in [0.4, 0.5) is 5.69 Å². The van der Waals surface area contributed by atoms with Gasteiger partial charge in [0.15, 0.2) is 11.5 Å². The van der Waals surface area contributed by atoms with Crippen molar-refractivity contribution in [2.45, 2.75) is 12.8 Å². The molecule has 110 valence electrons. The molecule has 1 N–H and O–H groups in total. The summed E-state index contributed by atoms with van der Waals surface area (Å²) in [6, 6.07) is 13.4. The summed E-state index contributed by atoms with van der Waals surface area (Å²) in [5, 5.41) is 6.99. The Kier molecular flexibility index (Phi) is 2.85. The number of aromatic nitrogens is 2. The zero-order chi connectivity index (χ0) is 15.1. The van der Waals surface area contributed by atoms with Gasteiger partial charge in [-0.15, -0.1) is 0 Å². The van der Waals surface area contributed by atoms with Crippen molar-refractivity contribution in [3.05, 3.63) is 60.0 Å². The van der Waals surface area contributed by atoms with E-state index in [9.17, 15) is 4.79 Å². The maximum absolute atomic E-state index is 12.8. The van der Waals surface area contributed by atoms with Gasteiger partial charge in [-0.2, -0.15) is 5.10 Å². The number of nitrogens with zero attached hydrogens (tertiary/aromatic N) is 2. The number of fused-ring (bicyclic) bond motifs is 1.